The molecular formula is C13H15N3. The SMILES string of the molecule is Cc1ccc(-n2ncc(C3CC3C)n2)cc1. The van der Waals surface area contributed by atoms with Crippen molar-refractivity contribution in [2.45, 2.75) is 26.2 Å². The third-order valence-corrected chi connectivity index (χ3v) is 3.26. The Hall–Kier alpha value is -1.64. The first kappa shape index (κ1) is 9.58. The summed E-state index contributed by atoms with van der Waals surface area (Å²) < 4.78 is 0. The first-order valence-corrected chi connectivity index (χ1v) is 5.73. The van der Waals surface area contributed by atoms with Gasteiger partial charge in [0.15, 0.2) is 0 Å². The van der Waals surface area contributed by atoms with Gasteiger partial charge in [0.2, 0.25) is 0 Å². The predicted octanol–water partition coefficient (Wildman–Crippen LogP) is 2.70. The maximum absolute atomic E-state index is 4.53. The lowest BCUT2D eigenvalue weighted by molar-refractivity contribution is 0.733. The summed E-state index contributed by atoms with van der Waals surface area (Å²) >= 11 is 0. The highest BCUT2D eigenvalue weighted by atomic mass is 15.5. The number of hydrogen-bond donors (Lipinski definition) is 0. The van der Waals surface area contributed by atoms with Crippen LogP contribution in [-0.4, -0.2) is 15.0 Å². The number of rotatable bonds is 2. The lowest BCUT2D eigenvalue weighted by Gasteiger charge is -1.99. The number of aryl methyl sites for hydroxylation is 1. The molecule has 1 aliphatic rings. The molecule has 0 amide bonds. The number of hydrogen-bond acceptors (Lipinski definition) is 2. The third-order valence-electron chi connectivity index (χ3n) is 3.26. The van der Waals surface area contributed by atoms with E-state index in [1.807, 2.05) is 6.20 Å². The van der Waals surface area contributed by atoms with E-state index < -0.39 is 0 Å². The van der Waals surface area contributed by atoms with Gasteiger partial charge in [-0.25, -0.2) is 0 Å². The van der Waals surface area contributed by atoms with Crippen LogP contribution in [0.25, 0.3) is 5.69 Å². The molecule has 2 aromatic rings. The minimum absolute atomic E-state index is 0.638. The van der Waals surface area contributed by atoms with Crippen LogP contribution >= 0.6 is 0 Å². The zero-order valence-electron chi connectivity index (χ0n) is 9.59. The van der Waals surface area contributed by atoms with Crippen LogP contribution in [0.1, 0.15) is 30.5 Å². The summed E-state index contributed by atoms with van der Waals surface area (Å²) in [6, 6.07) is 8.26. The van der Waals surface area contributed by atoms with Crippen molar-refractivity contribution in [2.24, 2.45) is 5.92 Å². The maximum Gasteiger partial charge on any atom is 0.0865 e. The van der Waals surface area contributed by atoms with Gasteiger partial charge in [0, 0.05) is 5.92 Å². The molecule has 2 atom stereocenters. The topological polar surface area (TPSA) is 30.7 Å². The minimum Gasteiger partial charge on any atom is -0.157 e. The molecule has 0 N–H and O–H groups in total. The van der Waals surface area contributed by atoms with E-state index >= 15 is 0 Å². The number of benzene rings is 1. The first-order valence-electron chi connectivity index (χ1n) is 5.73. The average molecular weight is 213 g/mol. The molecule has 2 unspecified atom stereocenters. The molecule has 0 spiro atoms. The molecular weight excluding hydrogens is 198 g/mol. The summed E-state index contributed by atoms with van der Waals surface area (Å²) in [6.07, 6.45) is 3.15. The largest absolute Gasteiger partial charge is 0.157 e. The second kappa shape index (κ2) is 3.44. The second-order valence-electron chi connectivity index (χ2n) is 4.71. The number of nitrogens with zero attached hydrogens (tertiary/aromatic N) is 3. The first-order chi connectivity index (χ1) is 7.74. The molecule has 0 saturated heterocycles. The van der Waals surface area contributed by atoms with Crippen molar-refractivity contribution in [2.75, 3.05) is 0 Å². The van der Waals surface area contributed by atoms with Crippen LogP contribution < -0.4 is 0 Å². The van der Waals surface area contributed by atoms with Crippen molar-refractivity contribution in [1.82, 2.24) is 15.0 Å². The average Bonchev–Trinajstić information content (AvgIpc) is 2.82. The smallest absolute Gasteiger partial charge is 0.0865 e. The second-order valence-corrected chi connectivity index (χ2v) is 4.71. The zero-order valence-corrected chi connectivity index (χ0v) is 9.59. The standard InChI is InChI=1S/C13H15N3/c1-9-3-5-11(6-4-9)16-14-8-13(15-16)12-7-10(12)2/h3-6,8,10,12H,7H2,1-2H3. The van der Waals surface area contributed by atoms with Crippen molar-refractivity contribution in [1.29, 1.82) is 0 Å². The maximum atomic E-state index is 4.53. The molecule has 1 aromatic heterocycles. The van der Waals surface area contributed by atoms with Crippen molar-refractivity contribution in [3.05, 3.63) is 41.7 Å². The Morgan fingerprint density at radius 2 is 1.94 bits per heavy atom. The van der Waals surface area contributed by atoms with Crippen LogP contribution in [0.5, 0.6) is 0 Å². The Balaban J connectivity index is 1.89. The fourth-order valence-electron chi connectivity index (χ4n) is 1.98. The van der Waals surface area contributed by atoms with Crippen LogP contribution in [-0.2, 0) is 0 Å². The Morgan fingerprint density at radius 3 is 2.56 bits per heavy atom. The quantitative estimate of drug-likeness (QED) is 0.768. The molecule has 1 fully saturated rings. The van der Waals surface area contributed by atoms with E-state index in [2.05, 4.69) is 48.3 Å². The predicted molar refractivity (Wildman–Crippen MR) is 62.6 cm³/mol. The van der Waals surface area contributed by atoms with Crippen LogP contribution in [0.15, 0.2) is 30.5 Å². The molecule has 82 valence electrons. The van der Waals surface area contributed by atoms with Gasteiger partial charge in [-0.2, -0.15) is 15.0 Å². The van der Waals surface area contributed by atoms with Crippen LogP contribution in [0.4, 0.5) is 0 Å². The van der Waals surface area contributed by atoms with Gasteiger partial charge in [0.25, 0.3) is 0 Å². The lowest BCUT2D eigenvalue weighted by Crippen LogP contribution is -1.98. The molecule has 0 aliphatic heterocycles. The summed E-state index contributed by atoms with van der Waals surface area (Å²) in [4.78, 5) is 1.72. The molecule has 16 heavy (non-hydrogen) atoms. The van der Waals surface area contributed by atoms with Gasteiger partial charge in [-0.1, -0.05) is 24.6 Å². The molecule has 1 saturated carbocycles. The van der Waals surface area contributed by atoms with Gasteiger partial charge in [-0.05, 0) is 31.4 Å². The van der Waals surface area contributed by atoms with E-state index in [9.17, 15) is 0 Å². The Bertz CT molecular complexity index is 498. The molecule has 1 heterocycles. The lowest BCUT2D eigenvalue weighted by atomic mass is 10.2. The van der Waals surface area contributed by atoms with Crippen molar-refractivity contribution >= 4 is 0 Å². The Morgan fingerprint density at radius 1 is 1.25 bits per heavy atom. The van der Waals surface area contributed by atoms with Crippen LogP contribution in [0, 0.1) is 12.8 Å². The highest BCUT2D eigenvalue weighted by Crippen LogP contribution is 2.45. The molecule has 3 nitrogen and oxygen atoms in total. The van der Waals surface area contributed by atoms with E-state index in [1.165, 1.54) is 12.0 Å². The molecule has 0 radical (unpaired) electrons. The van der Waals surface area contributed by atoms with E-state index in [4.69, 9.17) is 0 Å². The Kier molecular flexibility index (Phi) is 2.06. The monoisotopic (exact) mass is 213 g/mol. The summed E-state index contributed by atoms with van der Waals surface area (Å²) in [6.45, 7) is 4.34. The third kappa shape index (κ3) is 1.62. The highest BCUT2D eigenvalue weighted by molar-refractivity contribution is 5.32. The minimum atomic E-state index is 0.638. The van der Waals surface area contributed by atoms with E-state index in [-0.39, 0.29) is 0 Å². The molecule has 3 rings (SSSR count). The van der Waals surface area contributed by atoms with Gasteiger partial charge in [0.1, 0.15) is 0 Å². The van der Waals surface area contributed by atoms with Gasteiger partial charge < -0.3 is 0 Å². The fraction of sp³-hybridized carbons (Fsp3) is 0.385. The summed E-state index contributed by atoms with van der Waals surface area (Å²) in [7, 11) is 0. The van der Waals surface area contributed by atoms with E-state index in [0.717, 1.165) is 17.3 Å². The van der Waals surface area contributed by atoms with Crippen molar-refractivity contribution in [3.63, 3.8) is 0 Å². The molecule has 1 aromatic carbocycles. The highest BCUT2D eigenvalue weighted by Gasteiger charge is 2.36. The summed E-state index contributed by atoms with van der Waals surface area (Å²) in [5.74, 6) is 1.42. The zero-order chi connectivity index (χ0) is 11.1. The number of aromatic nitrogens is 3. The van der Waals surface area contributed by atoms with Gasteiger partial charge in [0.05, 0.1) is 17.6 Å². The normalized spacial score (nSPS) is 23.4. The van der Waals surface area contributed by atoms with Crippen molar-refractivity contribution in [3.8, 4) is 5.69 Å². The van der Waals surface area contributed by atoms with Crippen molar-refractivity contribution < 1.29 is 0 Å². The van der Waals surface area contributed by atoms with E-state index in [1.54, 1.807) is 4.80 Å². The molecule has 0 bridgehead atoms. The van der Waals surface area contributed by atoms with E-state index in [0.29, 0.717) is 5.92 Å². The van der Waals surface area contributed by atoms with Gasteiger partial charge in [-0.15, -0.1) is 0 Å². The summed E-state index contributed by atoms with van der Waals surface area (Å²) in [5, 5.41) is 8.85. The van der Waals surface area contributed by atoms with Crippen LogP contribution in [0.2, 0.25) is 0 Å². The Labute approximate surface area is 95.1 Å². The molecule has 3 heteroatoms. The fourth-order valence-corrected chi connectivity index (χ4v) is 1.98. The van der Waals surface area contributed by atoms with Crippen LogP contribution in [0.3, 0.4) is 0 Å². The molecule has 1 aliphatic carbocycles. The summed E-state index contributed by atoms with van der Waals surface area (Å²) in [5.41, 5.74) is 3.42. The van der Waals surface area contributed by atoms with Gasteiger partial charge >= 0.3 is 0 Å². The van der Waals surface area contributed by atoms with Gasteiger partial charge in [-0.3, -0.25) is 0 Å².